The number of hydrogen-bond donors (Lipinski definition) is 4. The summed E-state index contributed by atoms with van der Waals surface area (Å²) in [5, 5.41) is 24.8. The Labute approximate surface area is 197 Å². The second-order valence-corrected chi connectivity index (χ2v) is 10.2. The number of amides is 1. The molecule has 6 nitrogen and oxygen atoms in total. The first-order valence-corrected chi connectivity index (χ1v) is 12.2. The van der Waals surface area contributed by atoms with E-state index >= 15 is 0 Å². The molecule has 4 heterocycles. The number of phenols is 2. The molecule has 0 bridgehead atoms. The van der Waals surface area contributed by atoms with Crippen LogP contribution >= 0.6 is 22.7 Å². The molecule has 164 valence electrons. The predicted octanol–water partition coefficient (Wildman–Crippen LogP) is 2.63. The van der Waals surface area contributed by atoms with E-state index in [1.54, 1.807) is 46.9 Å². The predicted molar refractivity (Wildman–Crippen MR) is 130 cm³/mol. The lowest BCUT2D eigenvalue weighted by Crippen LogP contribution is -2.75. The highest BCUT2D eigenvalue weighted by Crippen LogP contribution is 2.34. The van der Waals surface area contributed by atoms with Gasteiger partial charge in [-0.3, -0.25) is 9.69 Å². The molecule has 4 N–H and O–H groups in total. The van der Waals surface area contributed by atoms with Gasteiger partial charge in [0.15, 0.2) is 5.82 Å². The highest BCUT2D eigenvalue weighted by Gasteiger charge is 2.43. The van der Waals surface area contributed by atoms with Crippen LogP contribution in [0.5, 0.6) is 11.5 Å². The molecule has 2 aliphatic heterocycles. The smallest absolute Gasteiger partial charge is 0.262 e. The largest absolute Gasteiger partial charge is 0.508 e. The average Bonchev–Trinajstić information content (AvgIpc) is 3.50. The number of benzene rings is 2. The summed E-state index contributed by atoms with van der Waals surface area (Å²) < 4.78 is 2.44. The van der Waals surface area contributed by atoms with E-state index in [9.17, 15) is 15.0 Å². The number of fused-ring (bicyclic) bond motifs is 2. The first-order chi connectivity index (χ1) is 16.0. The van der Waals surface area contributed by atoms with Gasteiger partial charge in [-0.05, 0) is 59.5 Å². The Morgan fingerprint density at radius 1 is 1.00 bits per heavy atom. The van der Waals surface area contributed by atoms with Crippen LogP contribution in [0.3, 0.4) is 0 Å². The van der Waals surface area contributed by atoms with Crippen LogP contribution in [0.2, 0.25) is 0 Å². The summed E-state index contributed by atoms with van der Waals surface area (Å²) in [6.07, 6.45) is 0.528. The van der Waals surface area contributed by atoms with Gasteiger partial charge >= 0.3 is 0 Å². The van der Waals surface area contributed by atoms with Crippen molar-refractivity contribution in [2.75, 3.05) is 6.54 Å². The number of thiophene rings is 2. The summed E-state index contributed by atoms with van der Waals surface area (Å²) in [6, 6.07) is 17.9. The van der Waals surface area contributed by atoms with Crippen LogP contribution in [0.1, 0.15) is 16.0 Å². The second-order valence-electron chi connectivity index (χ2n) is 8.13. The third-order valence-corrected chi connectivity index (χ3v) is 8.06. The van der Waals surface area contributed by atoms with Gasteiger partial charge in [-0.15, -0.1) is 22.7 Å². The molecule has 0 radical (unpaired) electrons. The molecular formula is C25H20N3O3S2+. The van der Waals surface area contributed by atoms with Gasteiger partial charge in [0.1, 0.15) is 29.0 Å². The summed E-state index contributed by atoms with van der Waals surface area (Å²) in [4.78, 5) is 19.9. The zero-order chi connectivity index (χ0) is 22.5. The fourth-order valence-corrected chi connectivity index (χ4v) is 6.38. The van der Waals surface area contributed by atoms with Gasteiger partial charge in [0.05, 0.1) is 0 Å². The molecule has 1 saturated heterocycles. The Kier molecular flexibility index (Phi) is 4.70. The van der Waals surface area contributed by atoms with Gasteiger partial charge < -0.3 is 15.5 Å². The molecule has 33 heavy (non-hydrogen) atoms. The van der Waals surface area contributed by atoms with Crippen molar-refractivity contribution in [2.45, 2.75) is 12.5 Å². The molecule has 1 unspecified atom stereocenters. The van der Waals surface area contributed by atoms with E-state index in [1.165, 1.54) is 9.40 Å². The van der Waals surface area contributed by atoms with E-state index in [2.05, 4.69) is 27.8 Å². The number of nitrogens with one attached hydrogen (secondary N) is 2. The quantitative estimate of drug-likeness (QED) is 0.366. The summed E-state index contributed by atoms with van der Waals surface area (Å²) >= 11 is 3.40. The van der Waals surface area contributed by atoms with Crippen molar-refractivity contribution in [1.29, 1.82) is 0 Å². The maximum atomic E-state index is 13.4. The van der Waals surface area contributed by atoms with E-state index in [4.69, 9.17) is 0 Å². The van der Waals surface area contributed by atoms with Crippen molar-refractivity contribution in [2.24, 2.45) is 0 Å². The Hall–Kier alpha value is -3.62. The molecule has 1 amide bonds. The number of aromatic hydroxyl groups is 2. The van der Waals surface area contributed by atoms with Crippen molar-refractivity contribution in [1.82, 2.24) is 10.2 Å². The number of carbonyl (C=O) groups is 1. The standard InChI is InChI=1S/C25H19N3O3S2/c29-16-5-1-14(2-6-16)11-18-25(31)28-13-19(15-3-7-17(30)8-4-15)26-23(24(28)27-18)22-12-21-20(33-22)9-10-32-21/h1-10,12,18,27,29-30H,11,13H2/p+1. The van der Waals surface area contributed by atoms with Gasteiger partial charge in [0, 0.05) is 21.4 Å². The SMILES string of the molecule is O=C1C(Cc2ccc(O)cc2)NC2=C(c3cc4sccc4s3)[NH+]=C(c3ccc(O)cc3)CN12. The summed E-state index contributed by atoms with van der Waals surface area (Å²) in [5.74, 6) is 1.23. The minimum atomic E-state index is -0.387. The minimum absolute atomic E-state index is 0.0201. The summed E-state index contributed by atoms with van der Waals surface area (Å²) in [7, 11) is 0. The van der Waals surface area contributed by atoms with Gasteiger partial charge in [0.2, 0.25) is 5.71 Å². The lowest BCUT2D eigenvalue weighted by molar-refractivity contribution is -0.349. The molecule has 4 aromatic rings. The number of rotatable bonds is 4. The maximum Gasteiger partial charge on any atom is 0.262 e. The van der Waals surface area contributed by atoms with Crippen LogP contribution in [0.25, 0.3) is 15.1 Å². The van der Waals surface area contributed by atoms with E-state index in [-0.39, 0.29) is 23.4 Å². The van der Waals surface area contributed by atoms with Crippen LogP contribution in [0, 0.1) is 0 Å². The molecule has 0 saturated carbocycles. The molecule has 2 aliphatic rings. The average molecular weight is 475 g/mol. The Bertz CT molecular complexity index is 1400. The Morgan fingerprint density at radius 3 is 2.45 bits per heavy atom. The molecular weight excluding hydrogens is 454 g/mol. The summed E-state index contributed by atoms with van der Waals surface area (Å²) in [6.45, 7) is 0.418. The molecule has 0 aliphatic carbocycles. The maximum absolute atomic E-state index is 13.4. The molecule has 8 heteroatoms. The fourth-order valence-electron chi connectivity index (χ4n) is 4.27. The first kappa shape index (κ1) is 20.0. The highest BCUT2D eigenvalue weighted by atomic mass is 32.1. The van der Waals surface area contributed by atoms with Crippen molar-refractivity contribution in [3.05, 3.63) is 87.9 Å². The summed E-state index contributed by atoms with van der Waals surface area (Å²) in [5.41, 5.74) is 3.70. The van der Waals surface area contributed by atoms with E-state index in [1.807, 2.05) is 29.2 Å². The van der Waals surface area contributed by atoms with Crippen LogP contribution in [-0.4, -0.2) is 39.3 Å². The number of carbonyl (C=O) groups excluding carboxylic acids is 1. The van der Waals surface area contributed by atoms with Gasteiger partial charge in [-0.1, -0.05) is 12.1 Å². The molecule has 1 atom stereocenters. The third kappa shape index (κ3) is 3.57. The number of hydrogen-bond acceptors (Lipinski definition) is 6. The molecule has 6 rings (SSSR count). The molecule has 1 fully saturated rings. The second kappa shape index (κ2) is 7.75. The van der Waals surface area contributed by atoms with Crippen molar-refractivity contribution in [3.8, 4) is 11.5 Å². The fraction of sp³-hybridized carbons (Fsp3) is 0.120. The topological polar surface area (TPSA) is 86.8 Å². The Balaban J connectivity index is 1.41. The Morgan fingerprint density at radius 2 is 1.73 bits per heavy atom. The lowest BCUT2D eigenvalue weighted by atomic mass is 10.1. The lowest BCUT2D eigenvalue weighted by Gasteiger charge is -2.20. The van der Waals surface area contributed by atoms with Crippen LogP contribution < -0.4 is 10.3 Å². The number of phenolic OH excluding ortho intramolecular Hbond substituents is 2. The van der Waals surface area contributed by atoms with Gasteiger partial charge in [-0.2, -0.15) is 0 Å². The molecule has 0 spiro atoms. The van der Waals surface area contributed by atoms with Crippen LogP contribution in [-0.2, 0) is 11.2 Å². The molecule has 2 aromatic carbocycles. The zero-order valence-corrected chi connectivity index (χ0v) is 19.0. The van der Waals surface area contributed by atoms with Crippen LogP contribution in [0.15, 0.2) is 71.9 Å². The zero-order valence-electron chi connectivity index (χ0n) is 17.4. The van der Waals surface area contributed by atoms with E-state index in [0.717, 1.165) is 33.2 Å². The minimum Gasteiger partial charge on any atom is -0.508 e. The van der Waals surface area contributed by atoms with Crippen molar-refractivity contribution in [3.63, 3.8) is 0 Å². The van der Waals surface area contributed by atoms with Gasteiger partial charge in [-0.25, -0.2) is 4.99 Å². The van der Waals surface area contributed by atoms with Gasteiger partial charge in [0.25, 0.3) is 11.6 Å². The number of nitrogens with zero attached hydrogens (tertiary/aromatic N) is 1. The van der Waals surface area contributed by atoms with Crippen molar-refractivity contribution >= 4 is 49.4 Å². The van der Waals surface area contributed by atoms with Crippen molar-refractivity contribution < 1.29 is 20.0 Å². The molecule has 2 aromatic heterocycles. The van der Waals surface area contributed by atoms with Crippen LogP contribution in [0.4, 0.5) is 0 Å². The monoisotopic (exact) mass is 474 g/mol. The third-order valence-electron chi connectivity index (χ3n) is 5.95. The first-order valence-electron chi connectivity index (χ1n) is 10.5. The highest BCUT2D eigenvalue weighted by molar-refractivity contribution is 7.27. The van der Waals surface area contributed by atoms with E-state index in [0.29, 0.717) is 13.0 Å². The normalized spacial score (nSPS) is 17.9. The van der Waals surface area contributed by atoms with E-state index < -0.39 is 0 Å².